The standard InChI is InChI=1S/C18H26N4O4/c19-18(20)13-3-1-12(2-4-13)16-9-15(26-21-16)10-22-7-5-14(6-8-22)25-11-17(23)24/h1-4,14-16,21H,5-11H2,(H3,19,20)(H,23,24). The Morgan fingerprint density at radius 3 is 2.65 bits per heavy atom. The number of ether oxygens (including phenoxy) is 1. The topological polar surface area (TPSA) is 121 Å². The van der Waals surface area contributed by atoms with E-state index in [1.54, 1.807) is 0 Å². The molecule has 0 bridgehead atoms. The number of piperidine rings is 1. The summed E-state index contributed by atoms with van der Waals surface area (Å²) in [5.41, 5.74) is 10.4. The number of hydroxylamine groups is 1. The second kappa shape index (κ2) is 8.59. The number of nitrogens with two attached hydrogens (primary N) is 1. The van der Waals surface area contributed by atoms with Crippen LogP contribution in [0.15, 0.2) is 24.3 Å². The van der Waals surface area contributed by atoms with E-state index in [-0.39, 0.29) is 30.7 Å². The first-order valence-corrected chi connectivity index (χ1v) is 8.92. The van der Waals surface area contributed by atoms with Gasteiger partial charge in [0, 0.05) is 25.2 Å². The maximum absolute atomic E-state index is 10.6. The van der Waals surface area contributed by atoms with Crippen LogP contribution < -0.4 is 11.2 Å². The van der Waals surface area contributed by atoms with Crippen LogP contribution in [0, 0.1) is 5.41 Å². The fourth-order valence-corrected chi connectivity index (χ4v) is 3.48. The molecule has 1 aromatic rings. The molecule has 1 aromatic carbocycles. The van der Waals surface area contributed by atoms with Gasteiger partial charge < -0.3 is 20.5 Å². The fraction of sp³-hybridized carbons (Fsp3) is 0.556. The zero-order valence-electron chi connectivity index (χ0n) is 14.7. The Morgan fingerprint density at radius 1 is 1.35 bits per heavy atom. The minimum Gasteiger partial charge on any atom is -0.480 e. The van der Waals surface area contributed by atoms with Crippen LogP contribution >= 0.6 is 0 Å². The van der Waals surface area contributed by atoms with Crippen molar-refractivity contribution in [2.24, 2.45) is 5.73 Å². The molecule has 0 aromatic heterocycles. The van der Waals surface area contributed by atoms with E-state index in [4.69, 9.17) is 25.8 Å². The van der Waals surface area contributed by atoms with Crippen LogP contribution in [-0.2, 0) is 14.4 Å². The Balaban J connectivity index is 1.42. The number of nitrogens with zero attached hydrogens (tertiary/aromatic N) is 1. The van der Waals surface area contributed by atoms with Crippen molar-refractivity contribution in [3.8, 4) is 0 Å². The third kappa shape index (κ3) is 5.01. The quantitative estimate of drug-likeness (QED) is 0.419. The second-order valence-corrected chi connectivity index (χ2v) is 6.89. The molecule has 26 heavy (non-hydrogen) atoms. The van der Waals surface area contributed by atoms with Crippen molar-refractivity contribution in [1.82, 2.24) is 10.4 Å². The fourth-order valence-electron chi connectivity index (χ4n) is 3.48. The molecule has 5 N–H and O–H groups in total. The Hall–Kier alpha value is -2.00. The Kier molecular flexibility index (Phi) is 6.20. The largest absolute Gasteiger partial charge is 0.480 e. The van der Waals surface area contributed by atoms with E-state index in [1.807, 2.05) is 24.3 Å². The number of rotatable bonds is 7. The molecule has 0 saturated carbocycles. The molecule has 2 aliphatic heterocycles. The summed E-state index contributed by atoms with van der Waals surface area (Å²) >= 11 is 0. The average molecular weight is 362 g/mol. The number of carboxylic acids is 1. The molecule has 8 nitrogen and oxygen atoms in total. The highest BCUT2D eigenvalue weighted by Gasteiger charge is 2.30. The molecule has 8 heteroatoms. The van der Waals surface area contributed by atoms with Gasteiger partial charge in [0.1, 0.15) is 12.4 Å². The zero-order chi connectivity index (χ0) is 18.5. The van der Waals surface area contributed by atoms with Crippen molar-refractivity contribution in [2.75, 3.05) is 26.2 Å². The van der Waals surface area contributed by atoms with E-state index in [2.05, 4.69) is 10.4 Å². The summed E-state index contributed by atoms with van der Waals surface area (Å²) in [6, 6.07) is 7.80. The van der Waals surface area contributed by atoms with Crippen molar-refractivity contribution in [1.29, 1.82) is 5.41 Å². The number of nitrogen functional groups attached to an aromatic ring is 1. The summed E-state index contributed by atoms with van der Waals surface area (Å²) in [6.45, 7) is 2.41. The van der Waals surface area contributed by atoms with Crippen molar-refractivity contribution in [3.05, 3.63) is 35.4 Å². The molecule has 2 saturated heterocycles. The van der Waals surface area contributed by atoms with E-state index in [0.717, 1.165) is 50.0 Å². The minimum atomic E-state index is -0.916. The van der Waals surface area contributed by atoms with Gasteiger partial charge >= 0.3 is 5.97 Å². The highest BCUT2D eigenvalue weighted by Crippen LogP contribution is 2.27. The molecule has 0 spiro atoms. The number of amidine groups is 1. The summed E-state index contributed by atoms with van der Waals surface area (Å²) in [5.74, 6) is -0.846. The van der Waals surface area contributed by atoms with Crippen LogP contribution in [0.4, 0.5) is 0 Å². The van der Waals surface area contributed by atoms with Gasteiger partial charge in [0.2, 0.25) is 0 Å². The zero-order valence-corrected chi connectivity index (χ0v) is 14.7. The van der Waals surface area contributed by atoms with Gasteiger partial charge in [-0.05, 0) is 24.8 Å². The third-order valence-electron chi connectivity index (χ3n) is 4.94. The predicted octanol–water partition coefficient (Wildman–Crippen LogP) is 0.871. The van der Waals surface area contributed by atoms with Gasteiger partial charge in [0.25, 0.3) is 0 Å². The first kappa shape index (κ1) is 18.8. The second-order valence-electron chi connectivity index (χ2n) is 6.89. The molecule has 3 rings (SSSR count). The van der Waals surface area contributed by atoms with E-state index in [1.165, 1.54) is 0 Å². The van der Waals surface area contributed by atoms with Gasteiger partial charge in [-0.1, -0.05) is 24.3 Å². The Labute approximate surface area is 152 Å². The van der Waals surface area contributed by atoms with Gasteiger partial charge in [-0.25, -0.2) is 4.79 Å². The molecule has 2 fully saturated rings. The maximum Gasteiger partial charge on any atom is 0.329 e. The van der Waals surface area contributed by atoms with Crippen molar-refractivity contribution >= 4 is 11.8 Å². The van der Waals surface area contributed by atoms with Gasteiger partial charge in [0.05, 0.1) is 18.2 Å². The smallest absolute Gasteiger partial charge is 0.329 e. The van der Waals surface area contributed by atoms with E-state index < -0.39 is 5.97 Å². The molecule has 0 amide bonds. The number of hydrogen-bond acceptors (Lipinski definition) is 6. The first-order chi connectivity index (χ1) is 12.5. The van der Waals surface area contributed by atoms with Crippen molar-refractivity contribution < 1.29 is 19.5 Å². The number of carboxylic acid groups (broad SMARTS) is 1. The average Bonchev–Trinajstić information content (AvgIpc) is 3.09. The summed E-state index contributed by atoms with van der Waals surface area (Å²) in [4.78, 5) is 18.6. The van der Waals surface area contributed by atoms with Crippen LogP contribution in [0.2, 0.25) is 0 Å². The summed E-state index contributed by atoms with van der Waals surface area (Å²) in [7, 11) is 0. The number of nitrogens with one attached hydrogen (secondary N) is 2. The van der Waals surface area contributed by atoms with Crippen molar-refractivity contribution in [2.45, 2.75) is 37.5 Å². The lowest BCUT2D eigenvalue weighted by Gasteiger charge is -2.32. The molecule has 2 heterocycles. The predicted molar refractivity (Wildman–Crippen MR) is 95.9 cm³/mol. The summed E-state index contributed by atoms with van der Waals surface area (Å²) < 4.78 is 5.37. The Morgan fingerprint density at radius 2 is 2.04 bits per heavy atom. The maximum atomic E-state index is 10.6. The van der Waals surface area contributed by atoms with E-state index in [0.29, 0.717) is 0 Å². The molecule has 2 atom stereocenters. The number of aliphatic carboxylic acids is 1. The number of hydrogen-bond donors (Lipinski definition) is 4. The summed E-state index contributed by atoms with van der Waals surface area (Å²) in [6.07, 6.45) is 2.74. The molecule has 2 unspecified atom stereocenters. The van der Waals surface area contributed by atoms with Gasteiger partial charge in [-0.3, -0.25) is 10.2 Å². The monoisotopic (exact) mass is 362 g/mol. The highest BCUT2D eigenvalue weighted by atomic mass is 16.7. The molecule has 0 radical (unpaired) electrons. The lowest BCUT2D eigenvalue weighted by atomic mass is 10.00. The van der Waals surface area contributed by atoms with Gasteiger partial charge in [0.15, 0.2) is 0 Å². The summed E-state index contributed by atoms with van der Waals surface area (Å²) in [5, 5.41) is 16.1. The molecular formula is C18H26N4O4. The molecule has 0 aliphatic carbocycles. The lowest BCUT2D eigenvalue weighted by molar-refractivity contribution is -0.145. The van der Waals surface area contributed by atoms with Crippen molar-refractivity contribution in [3.63, 3.8) is 0 Å². The van der Waals surface area contributed by atoms with Crippen LogP contribution in [-0.4, -0.2) is 60.3 Å². The Bertz CT molecular complexity index is 629. The SMILES string of the molecule is N=C(N)c1ccc(C2CC(CN3CCC(OCC(=O)O)CC3)ON2)cc1. The van der Waals surface area contributed by atoms with Crippen LogP contribution in [0.25, 0.3) is 0 Å². The van der Waals surface area contributed by atoms with E-state index in [9.17, 15) is 4.79 Å². The highest BCUT2D eigenvalue weighted by molar-refractivity contribution is 5.94. The van der Waals surface area contributed by atoms with Crippen LogP contribution in [0.1, 0.15) is 36.4 Å². The number of benzene rings is 1. The minimum absolute atomic E-state index is 0.0394. The molecular weight excluding hydrogens is 336 g/mol. The van der Waals surface area contributed by atoms with Crippen LogP contribution in [0.5, 0.6) is 0 Å². The van der Waals surface area contributed by atoms with Gasteiger partial charge in [-0.15, -0.1) is 0 Å². The van der Waals surface area contributed by atoms with Crippen LogP contribution in [0.3, 0.4) is 0 Å². The van der Waals surface area contributed by atoms with Gasteiger partial charge in [-0.2, -0.15) is 5.48 Å². The third-order valence-corrected chi connectivity index (χ3v) is 4.94. The molecule has 142 valence electrons. The normalized spacial score (nSPS) is 24.6. The van der Waals surface area contributed by atoms with E-state index >= 15 is 0 Å². The first-order valence-electron chi connectivity index (χ1n) is 8.92. The number of likely N-dealkylation sites (tertiary alicyclic amines) is 1. The molecule has 2 aliphatic rings. The number of carbonyl (C=O) groups is 1. The lowest BCUT2D eigenvalue weighted by Crippen LogP contribution is -2.41.